The molecule has 0 spiro atoms. The van der Waals surface area contributed by atoms with Crippen LogP contribution in [0.2, 0.25) is 0 Å². The van der Waals surface area contributed by atoms with E-state index in [0.717, 1.165) is 25.7 Å². The highest BCUT2D eigenvalue weighted by atomic mass is 16.1. The number of piperidine rings is 1. The number of primary amides is 1. The Bertz CT molecular complexity index is 213. The Hall–Kier alpha value is -0.570. The second-order valence-corrected chi connectivity index (χ2v) is 3.93. The van der Waals surface area contributed by atoms with E-state index in [-0.39, 0.29) is 11.4 Å². The Morgan fingerprint density at radius 3 is 3.08 bits per heavy atom. The second kappa shape index (κ2) is 2.46. The number of nitrogens with zero attached hydrogens (tertiary/aromatic N) is 1. The lowest BCUT2D eigenvalue weighted by Crippen LogP contribution is -2.56. The molecular weight excluding hydrogens is 152 g/mol. The van der Waals surface area contributed by atoms with E-state index < -0.39 is 0 Å². The first kappa shape index (κ1) is 8.05. The van der Waals surface area contributed by atoms with Gasteiger partial charge in [-0.05, 0) is 39.2 Å². The van der Waals surface area contributed by atoms with Crippen LogP contribution in [0.3, 0.4) is 0 Å². The van der Waals surface area contributed by atoms with Gasteiger partial charge >= 0.3 is 0 Å². The minimum atomic E-state index is -0.330. The number of amides is 1. The quantitative estimate of drug-likeness (QED) is 0.610. The first-order valence-electron chi connectivity index (χ1n) is 4.51. The average molecular weight is 167 g/mol. The van der Waals surface area contributed by atoms with Crippen molar-refractivity contribution in [1.82, 2.24) is 4.90 Å². The van der Waals surface area contributed by atoms with Gasteiger partial charge in [0.05, 0.1) is 0 Å². The molecule has 2 fully saturated rings. The SMILES string of the molecule is CN1C2C[CH]CC1(C(N)=O)CC2. The van der Waals surface area contributed by atoms with Crippen molar-refractivity contribution in [2.24, 2.45) is 5.73 Å². The maximum absolute atomic E-state index is 11.3. The Balaban J connectivity index is 2.29. The fourth-order valence-corrected chi connectivity index (χ4v) is 2.56. The molecule has 2 atom stereocenters. The molecular formula is C9H15N2O. The molecule has 0 aliphatic carbocycles. The molecule has 0 aromatic carbocycles. The number of carbonyl (C=O) groups is 1. The fourth-order valence-electron chi connectivity index (χ4n) is 2.56. The van der Waals surface area contributed by atoms with Crippen molar-refractivity contribution in [3.63, 3.8) is 0 Å². The molecule has 2 aliphatic rings. The molecule has 12 heavy (non-hydrogen) atoms. The number of rotatable bonds is 1. The van der Waals surface area contributed by atoms with Crippen LogP contribution in [0.1, 0.15) is 25.7 Å². The molecule has 2 unspecified atom stereocenters. The molecule has 2 N–H and O–H groups in total. The standard InChI is InChI=1S/C9H15N2O/c1-11-7-3-2-5-9(11,6-4-7)8(10)12/h2,7H,3-6H2,1H3,(H2,10,12). The van der Waals surface area contributed by atoms with E-state index in [4.69, 9.17) is 5.73 Å². The monoisotopic (exact) mass is 167 g/mol. The third-order valence-corrected chi connectivity index (χ3v) is 3.49. The summed E-state index contributed by atoms with van der Waals surface area (Å²) in [6, 6.07) is 0.561. The maximum Gasteiger partial charge on any atom is 0.237 e. The first-order chi connectivity index (χ1) is 5.67. The lowest BCUT2D eigenvalue weighted by atomic mass is 9.88. The molecule has 0 saturated carbocycles. The number of hydrogen-bond donors (Lipinski definition) is 1. The molecule has 2 rings (SSSR count). The van der Waals surface area contributed by atoms with Crippen LogP contribution in [0.4, 0.5) is 0 Å². The topological polar surface area (TPSA) is 46.3 Å². The molecule has 2 saturated heterocycles. The van der Waals surface area contributed by atoms with Gasteiger partial charge in [-0.15, -0.1) is 0 Å². The van der Waals surface area contributed by atoms with Gasteiger partial charge in [0.2, 0.25) is 5.91 Å². The number of fused-ring (bicyclic) bond motifs is 2. The van der Waals surface area contributed by atoms with Crippen molar-refractivity contribution >= 4 is 5.91 Å². The van der Waals surface area contributed by atoms with E-state index in [1.165, 1.54) is 0 Å². The van der Waals surface area contributed by atoms with Gasteiger partial charge in [-0.25, -0.2) is 0 Å². The van der Waals surface area contributed by atoms with Crippen molar-refractivity contribution in [3.8, 4) is 0 Å². The van der Waals surface area contributed by atoms with E-state index >= 15 is 0 Å². The van der Waals surface area contributed by atoms with Gasteiger partial charge in [0, 0.05) is 6.04 Å². The van der Waals surface area contributed by atoms with E-state index in [1.807, 2.05) is 7.05 Å². The molecule has 0 aromatic rings. The smallest absolute Gasteiger partial charge is 0.237 e. The van der Waals surface area contributed by atoms with Crippen LogP contribution in [0.15, 0.2) is 0 Å². The van der Waals surface area contributed by atoms with Crippen molar-refractivity contribution in [2.45, 2.75) is 37.3 Å². The van der Waals surface area contributed by atoms with Gasteiger partial charge in [0.25, 0.3) is 0 Å². The predicted octanol–water partition coefficient (Wildman–Crippen LogP) is 0.303. The largest absolute Gasteiger partial charge is 0.368 e. The van der Waals surface area contributed by atoms with E-state index in [9.17, 15) is 4.79 Å². The minimum Gasteiger partial charge on any atom is -0.368 e. The third kappa shape index (κ3) is 0.829. The van der Waals surface area contributed by atoms with Crippen LogP contribution < -0.4 is 5.73 Å². The van der Waals surface area contributed by atoms with Gasteiger partial charge < -0.3 is 5.73 Å². The van der Waals surface area contributed by atoms with Gasteiger partial charge in [-0.2, -0.15) is 0 Å². The number of nitrogens with two attached hydrogens (primary N) is 1. The normalized spacial score (nSPS) is 41.6. The highest BCUT2D eigenvalue weighted by molar-refractivity contribution is 5.85. The number of likely N-dealkylation sites (N-methyl/N-ethyl adjacent to an activating group) is 1. The predicted molar refractivity (Wildman–Crippen MR) is 46.2 cm³/mol. The Morgan fingerprint density at radius 2 is 2.50 bits per heavy atom. The summed E-state index contributed by atoms with van der Waals surface area (Å²) in [5.41, 5.74) is 5.10. The van der Waals surface area contributed by atoms with Crippen LogP contribution in [0, 0.1) is 6.42 Å². The van der Waals surface area contributed by atoms with E-state index in [2.05, 4.69) is 11.3 Å². The zero-order chi connectivity index (χ0) is 8.77. The summed E-state index contributed by atoms with van der Waals surface area (Å²) in [4.78, 5) is 13.5. The van der Waals surface area contributed by atoms with Crippen molar-refractivity contribution < 1.29 is 4.79 Å². The summed E-state index contributed by atoms with van der Waals surface area (Å²) >= 11 is 0. The molecule has 2 heterocycles. The summed E-state index contributed by atoms with van der Waals surface area (Å²) < 4.78 is 0. The van der Waals surface area contributed by atoms with Crippen LogP contribution in [-0.2, 0) is 4.79 Å². The fraction of sp³-hybridized carbons (Fsp3) is 0.778. The Morgan fingerprint density at radius 1 is 1.75 bits per heavy atom. The lowest BCUT2D eigenvalue weighted by molar-refractivity contribution is -0.129. The van der Waals surface area contributed by atoms with Crippen LogP contribution in [-0.4, -0.2) is 29.4 Å². The average Bonchev–Trinajstić information content (AvgIpc) is 2.28. The summed E-state index contributed by atoms with van der Waals surface area (Å²) in [6.07, 6.45) is 6.24. The van der Waals surface area contributed by atoms with Crippen molar-refractivity contribution in [1.29, 1.82) is 0 Å². The molecule has 2 bridgehead atoms. The number of hydrogen-bond acceptors (Lipinski definition) is 2. The van der Waals surface area contributed by atoms with Crippen LogP contribution >= 0.6 is 0 Å². The van der Waals surface area contributed by atoms with Crippen molar-refractivity contribution in [2.75, 3.05) is 7.05 Å². The molecule has 0 aromatic heterocycles. The van der Waals surface area contributed by atoms with Crippen LogP contribution in [0.25, 0.3) is 0 Å². The molecule has 1 radical (unpaired) electrons. The Labute approximate surface area is 72.9 Å². The second-order valence-electron chi connectivity index (χ2n) is 3.93. The van der Waals surface area contributed by atoms with Crippen molar-refractivity contribution in [3.05, 3.63) is 6.42 Å². The van der Waals surface area contributed by atoms with Gasteiger partial charge in [-0.1, -0.05) is 0 Å². The molecule has 2 aliphatic heterocycles. The number of carbonyl (C=O) groups excluding carboxylic acids is 1. The molecule has 67 valence electrons. The zero-order valence-electron chi connectivity index (χ0n) is 7.42. The molecule has 1 amide bonds. The summed E-state index contributed by atoms with van der Waals surface area (Å²) in [5, 5.41) is 0. The molecule has 3 nitrogen and oxygen atoms in total. The van der Waals surface area contributed by atoms with E-state index in [0.29, 0.717) is 6.04 Å². The highest BCUT2D eigenvalue weighted by Gasteiger charge is 2.50. The van der Waals surface area contributed by atoms with E-state index in [1.54, 1.807) is 0 Å². The highest BCUT2D eigenvalue weighted by Crippen LogP contribution is 2.42. The van der Waals surface area contributed by atoms with Gasteiger partial charge in [-0.3, -0.25) is 9.69 Å². The molecule has 3 heteroatoms. The van der Waals surface area contributed by atoms with Gasteiger partial charge in [0.1, 0.15) is 5.54 Å². The third-order valence-electron chi connectivity index (χ3n) is 3.49. The first-order valence-corrected chi connectivity index (χ1v) is 4.51. The Kier molecular flexibility index (Phi) is 1.65. The summed E-state index contributed by atoms with van der Waals surface area (Å²) in [7, 11) is 2.02. The minimum absolute atomic E-state index is 0.150. The van der Waals surface area contributed by atoms with Gasteiger partial charge in [0.15, 0.2) is 0 Å². The summed E-state index contributed by atoms with van der Waals surface area (Å²) in [6.45, 7) is 0. The summed E-state index contributed by atoms with van der Waals surface area (Å²) in [5.74, 6) is -0.150. The maximum atomic E-state index is 11.3. The lowest BCUT2D eigenvalue weighted by Gasteiger charge is -2.39. The van der Waals surface area contributed by atoms with Crippen LogP contribution in [0.5, 0.6) is 0 Å². The zero-order valence-corrected chi connectivity index (χ0v) is 7.42.